The van der Waals surface area contributed by atoms with Gasteiger partial charge in [0.1, 0.15) is 5.82 Å². The van der Waals surface area contributed by atoms with Crippen LogP contribution in [0, 0.1) is 6.92 Å². The van der Waals surface area contributed by atoms with Crippen molar-refractivity contribution in [1.82, 2.24) is 19.6 Å². The molecule has 3 aromatic rings. The first-order valence-electron chi connectivity index (χ1n) is 12.0. The summed E-state index contributed by atoms with van der Waals surface area (Å²) in [5.41, 5.74) is 3.05. The number of likely N-dealkylation sites (N-methyl/N-ethyl adjacent to an activating group) is 1. The molecule has 1 aromatic heterocycles. The van der Waals surface area contributed by atoms with Gasteiger partial charge in [-0.2, -0.15) is 4.98 Å². The van der Waals surface area contributed by atoms with E-state index in [9.17, 15) is 8.42 Å². The minimum Gasteiger partial charge on any atom is -0.369 e. The van der Waals surface area contributed by atoms with Crippen LogP contribution in [0.25, 0.3) is 0 Å². The lowest BCUT2D eigenvalue weighted by Gasteiger charge is -2.34. The van der Waals surface area contributed by atoms with Gasteiger partial charge in [-0.05, 0) is 77.2 Å². The molecule has 3 N–H and O–H groups in total. The average Bonchev–Trinajstić information content (AvgIpc) is 2.81. The standard InChI is InChI=1S/C26H35N7O2S/c1-19-18-27-25(29-21-7-6-8-23(17-21)36(34,35)31-26(2,3)4)30-24(19)28-20-9-11-22(12-10-20)33-15-13-32(5)14-16-33/h6-12,17-18,31H,13-16H2,1-5H3,(H2,27,28,29,30). The Morgan fingerprint density at radius 1 is 0.917 bits per heavy atom. The summed E-state index contributed by atoms with van der Waals surface area (Å²) in [6, 6.07) is 15.0. The predicted molar refractivity (Wildman–Crippen MR) is 146 cm³/mol. The van der Waals surface area contributed by atoms with Gasteiger partial charge in [0.05, 0.1) is 4.90 Å². The Morgan fingerprint density at radius 3 is 2.28 bits per heavy atom. The van der Waals surface area contributed by atoms with Crippen molar-refractivity contribution in [1.29, 1.82) is 0 Å². The minimum atomic E-state index is -3.65. The largest absolute Gasteiger partial charge is 0.369 e. The number of hydrogen-bond donors (Lipinski definition) is 3. The molecule has 0 atom stereocenters. The smallest absolute Gasteiger partial charge is 0.241 e. The van der Waals surface area contributed by atoms with Crippen LogP contribution in [0.1, 0.15) is 26.3 Å². The van der Waals surface area contributed by atoms with Gasteiger partial charge in [0.2, 0.25) is 16.0 Å². The Morgan fingerprint density at radius 2 is 1.61 bits per heavy atom. The van der Waals surface area contributed by atoms with Gasteiger partial charge in [-0.25, -0.2) is 18.1 Å². The monoisotopic (exact) mass is 509 g/mol. The molecule has 0 amide bonds. The van der Waals surface area contributed by atoms with Crippen LogP contribution in [0.3, 0.4) is 0 Å². The van der Waals surface area contributed by atoms with Crippen molar-refractivity contribution < 1.29 is 8.42 Å². The van der Waals surface area contributed by atoms with Crippen LogP contribution < -0.4 is 20.3 Å². The van der Waals surface area contributed by atoms with Crippen molar-refractivity contribution in [2.24, 2.45) is 0 Å². The van der Waals surface area contributed by atoms with Gasteiger partial charge in [-0.15, -0.1) is 0 Å². The molecule has 0 bridgehead atoms. The van der Waals surface area contributed by atoms with E-state index in [0.717, 1.165) is 37.4 Å². The molecule has 2 heterocycles. The Labute approximate surface area is 214 Å². The zero-order valence-electron chi connectivity index (χ0n) is 21.5. The van der Waals surface area contributed by atoms with Crippen LogP contribution in [0.4, 0.5) is 28.8 Å². The zero-order valence-corrected chi connectivity index (χ0v) is 22.4. The molecule has 0 spiro atoms. The lowest BCUT2D eigenvalue weighted by Crippen LogP contribution is -2.44. The van der Waals surface area contributed by atoms with Crippen LogP contribution in [0.2, 0.25) is 0 Å². The van der Waals surface area contributed by atoms with Crippen molar-refractivity contribution in [3.63, 3.8) is 0 Å². The summed E-state index contributed by atoms with van der Waals surface area (Å²) in [4.78, 5) is 13.9. The minimum absolute atomic E-state index is 0.174. The molecule has 0 saturated carbocycles. The van der Waals surface area contributed by atoms with Gasteiger partial charge in [-0.3, -0.25) is 0 Å². The van der Waals surface area contributed by atoms with Gasteiger partial charge >= 0.3 is 0 Å². The fourth-order valence-corrected chi connectivity index (χ4v) is 5.38. The summed E-state index contributed by atoms with van der Waals surface area (Å²) in [7, 11) is -1.50. The fraction of sp³-hybridized carbons (Fsp3) is 0.385. The van der Waals surface area contributed by atoms with Gasteiger partial charge in [0, 0.05) is 60.5 Å². The molecule has 2 aromatic carbocycles. The number of nitrogens with one attached hydrogen (secondary N) is 3. The second kappa shape index (κ2) is 10.4. The SMILES string of the molecule is Cc1cnc(Nc2cccc(S(=O)(=O)NC(C)(C)C)c2)nc1Nc1ccc(N2CCN(C)CC2)cc1. The maximum absolute atomic E-state index is 12.7. The third-order valence-electron chi connectivity index (χ3n) is 5.81. The van der Waals surface area contributed by atoms with Crippen molar-refractivity contribution in [2.45, 2.75) is 38.1 Å². The number of rotatable bonds is 7. The number of aryl methyl sites for hydroxylation is 1. The summed E-state index contributed by atoms with van der Waals surface area (Å²) in [6.07, 6.45) is 1.73. The molecule has 1 fully saturated rings. The highest BCUT2D eigenvalue weighted by molar-refractivity contribution is 7.89. The highest BCUT2D eigenvalue weighted by Crippen LogP contribution is 2.25. The van der Waals surface area contributed by atoms with Crippen LogP contribution in [-0.2, 0) is 10.0 Å². The molecular weight excluding hydrogens is 474 g/mol. The van der Waals surface area contributed by atoms with E-state index in [1.54, 1.807) is 51.2 Å². The van der Waals surface area contributed by atoms with E-state index >= 15 is 0 Å². The number of hydrogen-bond acceptors (Lipinski definition) is 8. The highest BCUT2D eigenvalue weighted by atomic mass is 32.2. The van der Waals surface area contributed by atoms with Crippen molar-refractivity contribution >= 4 is 38.9 Å². The summed E-state index contributed by atoms with van der Waals surface area (Å²) < 4.78 is 28.1. The number of aromatic nitrogens is 2. The average molecular weight is 510 g/mol. The Kier molecular flexibility index (Phi) is 7.49. The van der Waals surface area contributed by atoms with Crippen LogP contribution in [0.15, 0.2) is 59.6 Å². The van der Waals surface area contributed by atoms with E-state index in [1.165, 1.54) is 5.69 Å². The zero-order chi connectivity index (χ0) is 25.9. The molecule has 192 valence electrons. The first-order valence-corrected chi connectivity index (χ1v) is 13.5. The van der Waals surface area contributed by atoms with Crippen molar-refractivity contribution in [3.8, 4) is 0 Å². The molecule has 1 saturated heterocycles. The maximum atomic E-state index is 12.7. The van der Waals surface area contributed by atoms with E-state index in [4.69, 9.17) is 0 Å². The highest BCUT2D eigenvalue weighted by Gasteiger charge is 2.22. The Balaban J connectivity index is 1.47. The van der Waals surface area contributed by atoms with E-state index in [1.807, 2.05) is 6.92 Å². The quantitative estimate of drug-likeness (QED) is 0.438. The Bertz CT molecular complexity index is 1300. The van der Waals surface area contributed by atoms with Gasteiger partial charge < -0.3 is 20.4 Å². The predicted octanol–water partition coefficient (Wildman–Crippen LogP) is 4.10. The van der Waals surface area contributed by atoms with E-state index in [2.05, 4.69) is 66.4 Å². The molecule has 4 rings (SSSR count). The summed E-state index contributed by atoms with van der Waals surface area (Å²) in [5.74, 6) is 1.05. The molecule has 0 radical (unpaired) electrons. The number of sulfonamides is 1. The number of anilines is 5. The number of benzene rings is 2. The molecule has 0 aliphatic carbocycles. The number of nitrogens with zero attached hydrogens (tertiary/aromatic N) is 4. The van der Waals surface area contributed by atoms with Crippen LogP contribution in [-0.4, -0.2) is 62.1 Å². The van der Waals surface area contributed by atoms with E-state index in [0.29, 0.717) is 17.5 Å². The van der Waals surface area contributed by atoms with Gasteiger partial charge in [-0.1, -0.05) is 6.07 Å². The Hall–Kier alpha value is -3.21. The lowest BCUT2D eigenvalue weighted by atomic mass is 10.1. The third kappa shape index (κ3) is 6.71. The van der Waals surface area contributed by atoms with Gasteiger partial charge in [0.25, 0.3) is 0 Å². The summed E-state index contributed by atoms with van der Waals surface area (Å²) in [6.45, 7) is 11.5. The van der Waals surface area contributed by atoms with Crippen molar-refractivity contribution in [2.75, 3.05) is 48.8 Å². The third-order valence-corrected chi connectivity index (χ3v) is 7.57. The molecule has 36 heavy (non-hydrogen) atoms. The topological polar surface area (TPSA) is 102 Å². The molecule has 1 aliphatic heterocycles. The van der Waals surface area contributed by atoms with Gasteiger partial charge in [0.15, 0.2) is 0 Å². The first-order chi connectivity index (χ1) is 17.0. The molecular formula is C26H35N7O2S. The van der Waals surface area contributed by atoms with Crippen LogP contribution >= 0.6 is 0 Å². The summed E-state index contributed by atoms with van der Waals surface area (Å²) >= 11 is 0. The summed E-state index contributed by atoms with van der Waals surface area (Å²) in [5, 5.41) is 6.50. The maximum Gasteiger partial charge on any atom is 0.241 e. The van der Waals surface area contributed by atoms with E-state index < -0.39 is 15.6 Å². The second-order valence-corrected chi connectivity index (χ2v) is 11.9. The molecule has 10 heteroatoms. The molecule has 0 unspecified atom stereocenters. The van der Waals surface area contributed by atoms with Crippen molar-refractivity contribution in [3.05, 3.63) is 60.3 Å². The normalized spacial score (nSPS) is 15.1. The number of piperazine rings is 1. The fourth-order valence-electron chi connectivity index (χ4n) is 3.92. The second-order valence-electron chi connectivity index (χ2n) is 10.2. The molecule has 9 nitrogen and oxygen atoms in total. The first kappa shape index (κ1) is 25.9. The van der Waals surface area contributed by atoms with Crippen LogP contribution in [0.5, 0.6) is 0 Å². The molecule has 1 aliphatic rings. The van der Waals surface area contributed by atoms with E-state index in [-0.39, 0.29) is 4.90 Å². The lowest BCUT2D eigenvalue weighted by molar-refractivity contribution is 0.313.